The molecule has 19 heavy (non-hydrogen) atoms. The highest BCUT2D eigenvalue weighted by molar-refractivity contribution is 5.50. The molecule has 0 radical (unpaired) electrons. The Morgan fingerprint density at radius 3 is 2.47 bits per heavy atom. The fourth-order valence-electron chi connectivity index (χ4n) is 2.63. The maximum atomic E-state index is 3.87. The third-order valence-electron chi connectivity index (χ3n) is 3.80. The molecule has 0 heterocycles. The number of hydrogen-bond acceptors (Lipinski definition) is 2. The second-order valence-corrected chi connectivity index (χ2v) is 5.28. The SMILES string of the molecule is C=CCN(c1ccc(C(CC)NCC)cc1)C1CC1. The first-order valence-corrected chi connectivity index (χ1v) is 7.51. The predicted molar refractivity (Wildman–Crippen MR) is 83.7 cm³/mol. The lowest BCUT2D eigenvalue weighted by Gasteiger charge is -2.24. The lowest BCUT2D eigenvalue weighted by atomic mass is 10.0. The molecule has 0 aromatic heterocycles. The minimum absolute atomic E-state index is 0.479. The van der Waals surface area contributed by atoms with E-state index in [4.69, 9.17) is 0 Å². The van der Waals surface area contributed by atoms with Crippen molar-refractivity contribution in [3.8, 4) is 0 Å². The number of benzene rings is 1. The summed E-state index contributed by atoms with van der Waals surface area (Å²) in [7, 11) is 0. The van der Waals surface area contributed by atoms with E-state index in [0.717, 1.165) is 25.6 Å². The van der Waals surface area contributed by atoms with Crippen LogP contribution < -0.4 is 10.2 Å². The first-order valence-electron chi connectivity index (χ1n) is 7.51. The first-order chi connectivity index (χ1) is 9.30. The van der Waals surface area contributed by atoms with Gasteiger partial charge in [0.15, 0.2) is 0 Å². The highest BCUT2D eigenvalue weighted by Crippen LogP contribution is 2.32. The molecule has 1 aliphatic rings. The number of hydrogen-bond donors (Lipinski definition) is 1. The molecule has 0 bridgehead atoms. The van der Waals surface area contributed by atoms with Crippen molar-refractivity contribution in [1.29, 1.82) is 0 Å². The lowest BCUT2D eigenvalue weighted by Crippen LogP contribution is -2.25. The molecule has 1 aliphatic carbocycles. The van der Waals surface area contributed by atoms with Gasteiger partial charge in [-0.15, -0.1) is 6.58 Å². The Hall–Kier alpha value is -1.28. The maximum Gasteiger partial charge on any atom is 0.0371 e. The van der Waals surface area contributed by atoms with E-state index in [2.05, 4.69) is 54.9 Å². The summed E-state index contributed by atoms with van der Waals surface area (Å²) in [5.41, 5.74) is 2.72. The highest BCUT2D eigenvalue weighted by Gasteiger charge is 2.28. The van der Waals surface area contributed by atoms with Crippen LogP contribution in [0.2, 0.25) is 0 Å². The molecule has 2 rings (SSSR count). The fraction of sp³-hybridized carbons (Fsp3) is 0.529. The van der Waals surface area contributed by atoms with Gasteiger partial charge in [-0.05, 0) is 43.5 Å². The maximum absolute atomic E-state index is 3.87. The van der Waals surface area contributed by atoms with Gasteiger partial charge in [0, 0.05) is 24.3 Å². The molecule has 0 amide bonds. The van der Waals surface area contributed by atoms with Crippen molar-refractivity contribution in [2.75, 3.05) is 18.0 Å². The van der Waals surface area contributed by atoms with Crippen molar-refractivity contribution in [3.63, 3.8) is 0 Å². The molecule has 0 saturated heterocycles. The van der Waals surface area contributed by atoms with Crippen molar-refractivity contribution in [2.24, 2.45) is 0 Å². The van der Waals surface area contributed by atoms with Crippen LogP contribution in [0.1, 0.15) is 44.7 Å². The van der Waals surface area contributed by atoms with Crippen LogP contribution >= 0.6 is 0 Å². The van der Waals surface area contributed by atoms with Crippen LogP contribution in [0.3, 0.4) is 0 Å². The Bertz CT molecular complexity index is 392. The van der Waals surface area contributed by atoms with Crippen LogP contribution in [-0.4, -0.2) is 19.1 Å². The van der Waals surface area contributed by atoms with Crippen LogP contribution in [0.5, 0.6) is 0 Å². The van der Waals surface area contributed by atoms with Gasteiger partial charge in [-0.2, -0.15) is 0 Å². The van der Waals surface area contributed by atoms with E-state index < -0.39 is 0 Å². The number of anilines is 1. The zero-order valence-corrected chi connectivity index (χ0v) is 12.2. The van der Waals surface area contributed by atoms with E-state index in [9.17, 15) is 0 Å². The summed E-state index contributed by atoms with van der Waals surface area (Å²) >= 11 is 0. The van der Waals surface area contributed by atoms with E-state index in [1.165, 1.54) is 24.1 Å². The Kier molecular flexibility index (Phi) is 5.03. The molecular formula is C17H26N2. The van der Waals surface area contributed by atoms with Gasteiger partial charge in [-0.3, -0.25) is 0 Å². The second kappa shape index (κ2) is 6.76. The molecule has 1 aromatic rings. The number of nitrogens with one attached hydrogen (secondary N) is 1. The van der Waals surface area contributed by atoms with Crippen LogP contribution in [0, 0.1) is 0 Å². The van der Waals surface area contributed by atoms with Crippen LogP contribution in [0.15, 0.2) is 36.9 Å². The number of rotatable bonds is 8. The molecule has 2 heteroatoms. The van der Waals surface area contributed by atoms with Crippen molar-refractivity contribution in [3.05, 3.63) is 42.5 Å². The monoisotopic (exact) mass is 258 g/mol. The quantitative estimate of drug-likeness (QED) is 0.711. The van der Waals surface area contributed by atoms with Crippen LogP contribution in [-0.2, 0) is 0 Å². The molecule has 1 saturated carbocycles. The summed E-state index contributed by atoms with van der Waals surface area (Å²) in [4.78, 5) is 2.46. The molecule has 2 nitrogen and oxygen atoms in total. The molecule has 1 N–H and O–H groups in total. The van der Waals surface area contributed by atoms with Crippen molar-refractivity contribution in [2.45, 2.75) is 45.2 Å². The molecule has 1 unspecified atom stereocenters. The molecular weight excluding hydrogens is 232 g/mol. The zero-order chi connectivity index (χ0) is 13.7. The van der Waals surface area contributed by atoms with E-state index in [1.54, 1.807) is 0 Å². The van der Waals surface area contributed by atoms with Crippen LogP contribution in [0.4, 0.5) is 5.69 Å². The van der Waals surface area contributed by atoms with Gasteiger partial charge in [0.25, 0.3) is 0 Å². The summed E-state index contributed by atoms with van der Waals surface area (Å²) in [6.07, 6.45) is 5.78. The molecule has 1 fully saturated rings. The number of nitrogens with zero attached hydrogens (tertiary/aromatic N) is 1. The lowest BCUT2D eigenvalue weighted by molar-refractivity contribution is 0.537. The van der Waals surface area contributed by atoms with E-state index in [-0.39, 0.29) is 0 Å². The Morgan fingerprint density at radius 1 is 1.32 bits per heavy atom. The zero-order valence-electron chi connectivity index (χ0n) is 12.2. The van der Waals surface area contributed by atoms with Gasteiger partial charge < -0.3 is 10.2 Å². The molecule has 1 aromatic carbocycles. The fourth-order valence-corrected chi connectivity index (χ4v) is 2.63. The molecule has 1 atom stereocenters. The van der Waals surface area contributed by atoms with Gasteiger partial charge in [-0.1, -0.05) is 32.1 Å². The highest BCUT2D eigenvalue weighted by atomic mass is 15.2. The smallest absolute Gasteiger partial charge is 0.0371 e. The molecule has 104 valence electrons. The van der Waals surface area contributed by atoms with Crippen molar-refractivity contribution >= 4 is 5.69 Å². The predicted octanol–water partition coefficient (Wildman–Crippen LogP) is 3.90. The summed E-state index contributed by atoms with van der Waals surface area (Å²) in [6.45, 7) is 10.2. The molecule has 0 aliphatic heterocycles. The van der Waals surface area contributed by atoms with Gasteiger partial charge >= 0.3 is 0 Å². The minimum atomic E-state index is 0.479. The molecule has 0 spiro atoms. The largest absolute Gasteiger partial charge is 0.365 e. The van der Waals surface area contributed by atoms with Crippen LogP contribution in [0.25, 0.3) is 0 Å². The topological polar surface area (TPSA) is 15.3 Å². The third kappa shape index (κ3) is 3.60. The Morgan fingerprint density at radius 2 is 2.00 bits per heavy atom. The summed E-state index contributed by atoms with van der Waals surface area (Å²) in [5, 5.41) is 3.53. The summed E-state index contributed by atoms with van der Waals surface area (Å²) in [5.74, 6) is 0. The van der Waals surface area contributed by atoms with Crippen molar-refractivity contribution in [1.82, 2.24) is 5.32 Å². The summed E-state index contributed by atoms with van der Waals surface area (Å²) < 4.78 is 0. The van der Waals surface area contributed by atoms with Gasteiger partial charge in [0.1, 0.15) is 0 Å². The standard InChI is InChI=1S/C17H26N2/c1-4-13-19(16-11-12-16)15-9-7-14(8-10-15)17(5-2)18-6-3/h4,7-10,16-18H,1,5-6,11-13H2,2-3H3. The van der Waals surface area contributed by atoms with Gasteiger partial charge in [0.05, 0.1) is 0 Å². The summed E-state index contributed by atoms with van der Waals surface area (Å²) in [6, 6.07) is 10.3. The normalized spacial score (nSPS) is 16.1. The second-order valence-electron chi connectivity index (χ2n) is 5.28. The van der Waals surface area contributed by atoms with E-state index >= 15 is 0 Å². The van der Waals surface area contributed by atoms with E-state index in [0.29, 0.717) is 6.04 Å². The first kappa shape index (κ1) is 14.1. The van der Waals surface area contributed by atoms with E-state index in [1.807, 2.05) is 6.08 Å². The average molecular weight is 258 g/mol. The Balaban J connectivity index is 2.09. The minimum Gasteiger partial charge on any atom is -0.365 e. The van der Waals surface area contributed by atoms with Gasteiger partial charge in [0.2, 0.25) is 0 Å². The van der Waals surface area contributed by atoms with Crippen molar-refractivity contribution < 1.29 is 0 Å². The van der Waals surface area contributed by atoms with Gasteiger partial charge in [-0.25, -0.2) is 0 Å². The Labute approximate surface area is 117 Å². The third-order valence-corrected chi connectivity index (χ3v) is 3.80. The average Bonchev–Trinajstić information content (AvgIpc) is 3.27.